The van der Waals surface area contributed by atoms with E-state index in [0.29, 0.717) is 35.4 Å². The summed E-state index contributed by atoms with van der Waals surface area (Å²) in [5.41, 5.74) is 0.870. The molecule has 4 aliphatic carbocycles. The lowest BCUT2D eigenvalue weighted by Gasteiger charge is -2.37. The van der Waals surface area contributed by atoms with Gasteiger partial charge < -0.3 is 9.47 Å². The van der Waals surface area contributed by atoms with Crippen LogP contribution in [0.5, 0.6) is 11.5 Å². The van der Waals surface area contributed by atoms with E-state index in [1.54, 1.807) is 48.5 Å². The van der Waals surface area contributed by atoms with Crippen LogP contribution in [0, 0.1) is 35.5 Å². The van der Waals surface area contributed by atoms with Crippen molar-refractivity contribution >= 4 is 23.5 Å². The minimum absolute atomic E-state index is 0.101. The lowest BCUT2D eigenvalue weighted by molar-refractivity contribution is -0.124. The molecule has 34 heavy (non-hydrogen) atoms. The molecule has 0 aromatic heterocycles. The van der Waals surface area contributed by atoms with E-state index in [2.05, 4.69) is 19.1 Å². The largest absolute Gasteiger partial charge is 0.494 e. The van der Waals surface area contributed by atoms with Crippen molar-refractivity contribution in [3.63, 3.8) is 0 Å². The first-order chi connectivity index (χ1) is 16.6. The number of hydrogen-bond acceptors (Lipinski definition) is 5. The van der Waals surface area contributed by atoms with Crippen LogP contribution in [0.15, 0.2) is 60.7 Å². The third-order valence-corrected chi connectivity index (χ3v) is 7.82. The number of hydrogen-bond donors (Lipinski definition) is 0. The maximum absolute atomic E-state index is 13.2. The maximum Gasteiger partial charge on any atom is 0.343 e. The van der Waals surface area contributed by atoms with Gasteiger partial charge in [0.1, 0.15) is 11.5 Å². The van der Waals surface area contributed by atoms with Gasteiger partial charge in [-0.15, -0.1) is 0 Å². The van der Waals surface area contributed by atoms with Crippen LogP contribution in [0.3, 0.4) is 0 Å². The zero-order valence-corrected chi connectivity index (χ0v) is 19.1. The zero-order chi connectivity index (χ0) is 23.4. The molecule has 3 fully saturated rings. The number of unbranched alkanes of at least 4 members (excludes halogenated alkanes) is 1. The average molecular weight is 458 g/mol. The van der Waals surface area contributed by atoms with Gasteiger partial charge in [0.15, 0.2) is 0 Å². The van der Waals surface area contributed by atoms with Crippen LogP contribution in [-0.2, 0) is 9.59 Å². The highest BCUT2D eigenvalue weighted by Crippen LogP contribution is 2.65. The van der Waals surface area contributed by atoms with Gasteiger partial charge in [0.2, 0.25) is 11.8 Å². The highest BCUT2D eigenvalue weighted by atomic mass is 16.5. The van der Waals surface area contributed by atoms with Crippen LogP contribution in [0.4, 0.5) is 5.69 Å². The number of anilines is 1. The first kappa shape index (κ1) is 21.1. The number of nitrogens with zero attached hydrogens (tertiary/aromatic N) is 1. The monoisotopic (exact) mass is 457 g/mol. The van der Waals surface area contributed by atoms with Gasteiger partial charge in [-0.2, -0.15) is 0 Å². The van der Waals surface area contributed by atoms with Crippen molar-refractivity contribution in [3.8, 4) is 11.5 Å². The van der Waals surface area contributed by atoms with E-state index in [1.165, 1.54) is 4.90 Å². The van der Waals surface area contributed by atoms with Gasteiger partial charge in [-0.1, -0.05) is 25.5 Å². The highest BCUT2D eigenvalue weighted by molar-refractivity contribution is 6.22. The third kappa shape index (κ3) is 3.35. The van der Waals surface area contributed by atoms with Gasteiger partial charge in [0.25, 0.3) is 0 Å². The lowest BCUT2D eigenvalue weighted by Crippen LogP contribution is -2.40. The van der Waals surface area contributed by atoms with Crippen molar-refractivity contribution in [3.05, 3.63) is 66.2 Å². The molecule has 0 spiro atoms. The molecule has 6 heteroatoms. The molecule has 0 N–H and O–H groups in total. The van der Waals surface area contributed by atoms with Gasteiger partial charge in [-0.05, 0) is 85.0 Å². The molecule has 1 aliphatic heterocycles. The van der Waals surface area contributed by atoms with Crippen LogP contribution in [0.25, 0.3) is 0 Å². The van der Waals surface area contributed by atoms with Crippen molar-refractivity contribution in [2.75, 3.05) is 11.5 Å². The fraction of sp³-hybridized carbons (Fsp3) is 0.393. The standard InChI is InChI=1S/C28H27NO5/c1-2-3-14-33-18-8-10-19(11-9-18)34-28(32)16-4-6-17(7-5-16)29-26(30)24-20-12-13-21(23-15-22(20)23)25(24)27(29)31/h4-13,20-25H,2-3,14-15H2,1H3/t20-,21-,22-,23-,24-,25+/m0/s1. The second kappa shape index (κ2) is 8.12. The molecule has 7 rings (SSSR count). The number of benzene rings is 2. The minimum Gasteiger partial charge on any atom is -0.494 e. The second-order valence-corrected chi connectivity index (χ2v) is 9.78. The van der Waals surface area contributed by atoms with E-state index in [1.807, 2.05) is 0 Å². The van der Waals surface area contributed by atoms with Crippen molar-refractivity contribution in [2.45, 2.75) is 26.2 Å². The van der Waals surface area contributed by atoms with Crippen LogP contribution in [0.2, 0.25) is 0 Å². The highest BCUT2D eigenvalue weighted by Gasteiger charge is 2.67. The fourth-order valence-electron chi connectivity index (χ4n) is 6.06. The normalized spacial score (nSPS) is 30.2. The maximum atomic E-state index is 13.2. The Balaban J connectivity index is 1.13. The third-order valence-electron chi connectivity index (χ3n) is 7.82. The summed E-state index contributed by atoms with van der Waals surface area (Å²) in [5, 5.41) is 0. The SMILES string of the molecule is CCCCOc1ccc(OC(=O)c2ccc(N3C(=O)[C@@H]4[C@H]5C=C[C@@H]([C@@H]6C[C@@H]56)[C@@H]4C3=O)cc2)cc1. The molecule has 6 nitrogen and oxygen atoms in total. The molecular formula is C28H27NO5. The Morgan fingerprint density at radius 2 is 1.47 bits per heavy atom. The van der Waals surface area contributed by atoms with Crippen LogP contribution < -0.4 is 14.4 Å². The molecule has 174 valence electrons. The van der Waals surface area contributed by atoms with Crippen LogP contribution in [0.1, 0.15) is 36.5 Å². The summed E-state index contributed by atoms with van der Waals surface area (Å²) >= 11 is 0. The number of carbonyl (C=O) groups excluding carboxylic acids is 3. The average Bonchev–Trinajstić information content (AvgIpc) is 3.64. The van der Waals surface area contributed by atoms with Crippen molar-refractivity contribution in [1.82, 2.24) is 0 Å². The first-order valence-electron chi connectivity index (χ1n) is 12.2. The predicted molar refractivity (Wildman–Crippen MR) is 125 cm³/mol. The van der Waals surface area contributed by atoms with Crippen LogP contribution >= 0.6 is 0 Å². The number of imide groups is 1. The fourth-order valence-corrected chi connectivity index (χ4v) is 6.06. The van der Waals surface area contributed by atoms with E-state index in [4.69, 9.17) is 9.47 Å². The number of allylic oxidation sites excluding steroid dienone is 2. The quantitative estimate of drug-likeness (QED) is 0.199. The molecule has 5 aliphatic rings. The van der Waals surface area contributed by atoms with Gasteiger partial charge in [0.05, 0.1) is 29.7 Å². The van der Waals surface area contributed by atoms with Crippen molar-refractivity contribution < 1.29 is 23.9 Å². The summed E-state index contributed by atoms with van der Waals surface area (Å²) in [6.07, 6.45) is 7.52. The second-order valence-electron chi connectivity index (χ2n) is 9.78. The first-order valence-corrected chi connectivity index (χ1v) is 12.2. The molecule has 1 saturated heterocycles. The van der Waals surface area contributed by atoms with Crippen molar-refractivity contribution in [2.24, 2.45) is 35.5 Å². The number of ether oxygens (including phenoxy) is 2. The van der Waals surface area contributed by atoms with E-state index >= 15 is 0 Å². The van der Waals surface area contributed by atoms with E-state index in [-0.39, 0.29) is 35.5 Å². The lowest BCUT2D eigenvalue weighted by atomic mass is 9.63. The van der Waals surface area contributed by atoms with Gasteiger partial charge >= 0.3 is 5.97 Å². The molecule has 0 radical (unpaired) electrons. The van der Waals surface area contributed by atoms with Crippen LogP contribution in [-0.4, -0.2) is 24.4 Å². The summed E-state index contributed by atoms with van der Waals surface area (Å²) < 4.78 is 11.1. The number of rotatable bonds is 7. The van der Waals surface area contributed by atoms with Gasteiger partial charge in [-0.3, -0.25) is 14.5 Å². The topological polar surface area (TPSA) is 72.9 Å². The Morgan fingerprint density at radius 1 is 0.882 bits per heavy atom. The summed E-state index contributed by atoms with van der Waals surface area (Å²) in [7, 11) is 0. The number of carbonyl (C=O) groups is 3. The van der Waals surface area contributed by atoms with Crippen molar-refractivity contribution in [1.29, 1.82) is 0 Å². The van der Waals surface area contributed by atoms with E-state index < -0.39 is 5.97 Å². The summed E-state index contributed by atoms with van der Waals surface area (Å²) in [5.74, 6) is 1.53. The molecule has 2 saturated carbocycles. The molecule has 2 aromatic carbocycles. The molecule has 2 bridgehead atoms. The van der Waals surface area contributed by atoms with Gasteiger partial charge in [0, 0.05) is 0 Å². The Morgan fingerprint density at radius 3 is 2.06 bits per heavy atom. The predicted octanol–water partition coefficient (Wildman–Crippen LogP) is 4.64. The smallest absolute Gasteiger partial charge is 0.343 e. The van der Waals surface area contributed by atoms with E-state index in [9.17, 15) is 14.4 Å². The molecule has 6 atom stereocenters. The number of esters is 1. The number of amides is 2. The Kier molecular flexibility index (Phi) is 5.05. The Labute approximate surface area is 198 Å². The molecule has 1 heterocycles. The molecule has 0 unspecified atom stereocenters. The van der Waals surface area contributed by atoms with E-state index in [0.717, 1.165) is 25.0 Å². The Hall–Kier alpha value is -3.41. The summed E-state index contributed by atoms with van der Waals surface area (Å²) in [6, 6.07) is 13.5. The summed E-state index contributed by atoms with van der Waals surface area (Å²) in [4.78, 5) is 40.4. The summed E-state index contributed by atoms with van der Waals surface area (Å²) in [6.45, 7) is 2.76. The molecular weight excluding hydrogens is 430 g/mol. The minimum atomic E-state index is -0.499. The Bertz CT molecular complexity index is 1130. The molecule has 2 aromatic rings. The van der Waals surface area contributed by atoms with Gasteiger partial charge in [-0.25, -0.2) is 4.79 Å². The molecule has 2 amide bonds. The zero-order valence-electron chi connectivity index (χ0n) is 19.1.